The number of aliphatic carboxylic acids is 1. The van der Waals surface area contributed by atoms with Crippen LogP contribution in [0.25, 0.3) is 10.8 Å². The molecule has 49 heavy (non-hydrogen) atoms. The highest BCUT2D eigenvalue weighted by Gasteiger charge is 2.49. The lowest BCUT2D eigenvalue weighted by molar-refractivity contribution is -0.148. The number of oxime groups is 1. The van der Waals surface area contributed by atoms with Gasteiger partial charge in [0.05, 0.1) is 33.8 Å². The molecule has 5 rings (SSSR count). The van der Waals surface area contributed by atoms with Crippen LogP contribution in [0.4, 0.5) is 0 Å². The van der Waals surface area contributed by atoms with Gasteiger partial charge in [-0.25, -0.2) is 4.79 Å². The highest BCUT2D eigenvalue weighted by atomic mass is 35.5. The lowest BCUT2D eigenvalue weighted by atomic mass is 9.87. The van der Waals surface area contributed by atoms with Crippen molar-refractivity contribution in [3.63, 3.8) is 0 Å². The first-order valence-corrected chi connectivity index (χ1v) is 16.0. The third-order valence-corrected chi connectivity index (χ3v) is 8.65. The predicted octanol–water partition coefficient (Wildman–Crippen LogP) is 5.41. The molecule has 1 aliphatic rings. The summed E-state index contributed by atoms with van der Waals surface area (Å²) in [5.41, 5.74) is -0.344. The topological polar surface area (TPSA) is 160 Å². The molecule has 3 atom stereocenters. The molecule has 11 nitrogen and oxygen atoms in total. The SMILES string of the molecule is C[C@H](NC(=O)c1cccc2ccccc12)C1=NOC(Cc2ccccc2)(C(=O)N[C@@H](CC(=O)O)C(=O)COC(=O)c2c(Cl)cccc2Cl)C1. The molecule has 1 aliphatic heterocycles. The Hall–Kier alpha value is -5.26. The lowest BCUT2D eigenvalue weighted by Crippen LogP contribution is -2.55. The smallest absolute Gasteiger partial charge is 0.341 e. The van der Waals surface area contributed by atoms with Gasteiger partial charge in [0, 0.05) is 18.4 Å². The van der Waals surface area contributed by atoms with Crippen LogP contribution in [0.2, 0.25) is 10.0 Å². The number of nitrogens with one attached hydrogen (secondary N) is 2. The molecule has 13 heteroatoms. The molecule has 0 radical (unpaired) electrons. The first-order chi connectivity index (χ1) is 23.5. The van der Waals surface area contributed by atoms with Crippen LogP contribution < -0.4 is 10.6 Å². The van der Waals surface area contributed by atoms with Crippen LogP contribution in [0.15, 0.2) is 96.2 Å². The number of ether oxygens (including phenoxy) is 1. The van der Waals surface area contributed by atoms with Gasteiger partial charge < -0.3 is 25.3 Å². The van der Waals surface area contributed by atoms with E-state index in [0.29, 0.717) is 16.8 Å². The Morgan fingerprint density at radius 3 is 2.27 bits per heavy atom. The summed E-state index contributed by atoms with van der Waals surface area (Å²) in [4.78, 5) is 70.7. The molecule has 0 saturated heterocycles. The van der Waals surface area contributed by atoms with E-state index in [4.69, 9.17) is 32.8 Å². The summed E-state index contributed by atoms with van der Waals surface area (Å²) in [7, 11) is 0. The zero-order valence-corrected chi connectivity index (χ0v) is 27.7. The van der Waals surface area contributed by atoms with Crippen molar-refractivity contribution in [1.82, 2.24) is 10.6 Å². The summed E-state index contributed by atoms with van der Waals surface area (Å²) in [5, 5.41) is 20.8. The second-order valence-electron chi connectivity index (χ2n) is 11.5. The van der Waals surface area contributed by atoms with E-state index in [0.717, 1.165) is 10.8 Å². The van der Waals surface area contributed by atoms with Gasteiger partial charge in [-0.05, 0) is 41.5 Å². The number of amides is 2. The van der Waals surface area contributed by atoms with Gasteiger partial charge in [-0.1, -0.05) is 101 Å². The number of fused-ring (bicyclic) bond motifs is 1. The number of Topliss-reactive ketones (excluding diaryl/α,β-unsaturated/α-hetero) is 1. The fourth-order valence-corrected chi connectivity index (χ4v) is 6.00. The zero-order chi connectivity index (χ0) is 35.1. The van der Waals surface area contributed by atoms with Crippen LogP contribution in [0, 0.1) is 0 Å². The number of benzene rings is 4. The Labute approximate surface area is 291 Å². The van der Waals surface area contributed by atoms with Gasteiger partial charge >= 0.3 is 11.9 Å². The fraction of sp³-hybridized carbons (Fsp3) is 0.222. The molecule has 0 saturated carbocycles. The summed E-state index contributed by atoms with van der Waals surface area (Å²) in [6.45, 7) is 0.836. The Kier molecular flexibility index (Phi) is 11.0. The first kappa shape index (κ1) is 35.1. The average Bonchev–Trinajstić information content (AvgIpc) is 3.52. The number of hydrogen-bond donors (Lipinski definition) is 3. The fourth-order valence-electron chi connectivity index (χ4n) is 5.45. The highest BCUT2D eigenvalue weighted by Crippen LogP contribution is 2.31. The molecular weight excluding hydrogens is 673 g/mol. The first-order valence-electron chi connectivity index (χ1n) is 15.2. The molecule has 4 aromatic carbocycles. The van der Waals surface area contributed by atoms with Crippen LogP contribution in [-0.2, 0) is 30.4 Å². The maximum atomic E-state index is 14.0. The summed E-state index contributed by atoms with van der Waals surface area (Å²) >= 11 is 12.1. The second-order valence-corrected chi connectivity index (χ2v) is 12.3. The second kappa shape index (κ2) is 15.3. The number of esters is 1. The zero-order valence-electron chi connectivity index (χ0n) is 26.2. The van der Waals surface area contributed by atoms with Gasteiger partial charge in [0.1, 0.15) is 6.04 Å². The molecule has 1 heterocycles. The van der Waals surface area contributed by atoms with Gasteiger partial charge in [0.15, 0.2) is 12.4 Å². The molecule has 3 N–H and O–H groups in total. The minimum absolute atomic E-state index is 0.0000781. The van der Waals surface area contributed by atoms with Gasteiger partial charge in [-0.15, -0.1) is 0 Å². The standard InChI is InChI=1S/C36H31Cl2N3O8/c1-21(39-33(45)25-14-7-12-23-11-5-6-13-24(23)25)29-19-36(49-41-29,18-22-9-3-2-4-10-22)35(47)40-28(17-31(43)44)30(42)20-48-34(46)32-26(37)15-8-16-27(32)38/h2-16,21,28H,17-20H2,1H3,(H,39,45)(H,40,47)(H,43,44)/t21-,28-,36?/m0/s1. The highest BCUT2D eigenvalue weighted by molar-refractivity contribution is 6.39. The number of nitrogens with zero attached hydrogens (tertiary/aromatic N) is 1. The van der Waals surface area contributed by atoms with Crippen molar-refractivity contribution in [3.05, 3.63) is 118 Å². The quantitative estimate of drug-likeness (QED) is 0.156. The normalized spacial score (nSPS) is 16.5. The van der Waals surface area contributed by atoms with E-state index in [1.54, 1.807) is 49.4 Å². The van der Waals surface area contributed by atoms with E-state index >= 15 is 0 Å². The van der Waals surface area contributed by atoms with E-state index in [1.807, 2.05) is 30.3 Å². The molecule has 0 spiro atoms. The van der Waals surface area contributed by atoms with Crippen LogP contribution in [-0.4, -0.2) is 64.6 Å². The number of carboxylic acids is 1. The summed E-state index contributed by atoms with van der Waals surface area (Å²) in [6, 6.07) is 23.9. The summed E-state index contributed by atoms with van der Waals surface area (Å²) < 4.78 is 5.09. The number of halogens is 2. The Balaban J connectivity index is 1.32. The molecular formula is C36H31Cl2N3O8. The number of carbonyl (C=O) groups excluding carboxylic acids is 4. The van der Waals surface area contributed by atoms with Gasteiger partial charge in [0.25, 0.3) is 11.8 Å². The van der Waals surface area contributed by atoms with Gasteiger partial charge in [0.2, 0.25) is 5.60 Å². The largest absolute Gasteiger partial charge is 0.481 e. The van der Waals surface area contributed by atoms with Gasteiger partial charge in [-0.2, -0.15) is 0 Å². The Morgan fingerprint density at radius 2 is 1.55 bits per heavy atom. The summed E-state index contributed by atoms with van der Waals surface area (Å²) in [6.07, 6.45) is -0.884. The number of carbonyl (C=O) groups is 5. The van der Waals surface area contributed by atoms with Crippen LogP contribution in [0.1, 0.15) is 46.0 Å². The Bertz CT molecular complexity index is 1930. The van der Waals surface area contributed by atoms with E-state index in [2.05, 4.69) is 15.8 Å². The molecule has 0 aliphatic carbocycles. The van der Waals surface area contributed by atoms with Crippen molar-refractivity contribution in [2.75, 3.05) is 6.61 Å². The molecule has 0 bridgehead atoms. The number of hydrogen-bond acceptors (Lipinski definition) is 8. The summed E-state index contributed by atoms with van der Waals surface area (Å²) in [5.74, 6) is -4.44. The van der Waals surface area contributed by atoms with Gasteiger partial charge in [-0.3, -0.25) is 19.2 Å². The maximum absolute atomic E-state index is 14.0. The van der Waals surface area contributed by atoms with Crippen molar-refractivity contribution in [2.24, 2.45) is 5.16 Å². The molecule has 1 unspecified atom stereocenters. The van der Waals surface area contributed by atoms with Crippen molar-refractivity contribution >= 4 is 69.2 Å². The third-order valence-electron chi connectivity index (χ3n) is 8.02. The predicted molar refractivity (Wildman–Crippen MR) is 183 cm³/mol. The molecule has 2 amide bonds. The maximum Gasteiger partial charge on any atom is 0.341 e. The number of carboxylic acid groups (broad SMARTS) is 1. The minimum atomic E-state index is -1.70. The number of rotatable bonds is 13. The van der Waals surface area contributed by atoms with E-state index in [9.17, 15) is 29.1 Å². The number of ketones is 1. The van der Waals surface area contributed by atoms with Crippen molar-refractivity contribution in [3.8, 4) is 0 Å². The van der Waals surface area contributed by atoms with E-state index < -0.39 is 54.3 Å². The van der Waals surface area contributed by atoms with Crippen molar-refractivity contribution in [1.29, 1.82) is 0 Å². The van der Waals surface area contributed by atoms with Crippen molar-refractivity contribution in [2.45, 2.75) is 43.9 Å². The third kappa shape index (κ3) is 8.25. The molecule has 4 aromatic rings. The van der Waals surface area contributed by atoms with Crippen LogP contribution >= 0.6 is 23.2 Å². The minimum Gasteiger partial charge on any atom is -0.481 e. The molecule has 252 valence electrons. The van der Waals surface area contributed by atoms with Crippen molar-refractivity contribution < 1.29 is 38.7 Å². The van der Waals surface area contributed by atoms with E-state index in [1.165, 1.54) is 18.2 Å². The monoisotopic (exact) mass is 703 g/mol. The molecule has 0 fully saturated rings. The average molecular weight is 705 g/mol. The molecule has 0 aromatic heterocycles. The van der Waals surface area contributed by atoms with Crippen LogP contribution in [0.5, 0.6) is 0 Å². The Morgan fingerprint density at radius 1 is 0.898 bits per heavy atom. The van der Waals surface area contributed by atoms with E-state index in [-0.39, 0.29) is 34.4 Å². The lowest BCUT2D eigenvalue weighted by Gasteiger charge is -2.28. The van der Waals surface area contributed by atoms with Crippen LogP contribution in [0.3, 0.4) is 0 Å².